The van der Waals surface area contributed by atoms with Crippen molar-refractivity contribution in [2.24, 2.45) is 4.99 Å². The fraction of sp³-hybridized carbons (Fsp3) is 0.0769. The van der Waals surface area contributed by atoms with Crippen molar-refractivity contribution >= 4 is 11.9 Å². The highest BCUT2D eigenvalue weighted by Gasteiger charge is 2.19. The number of fused-ring (bicyclic) bond motifs is 1. The zero-order valence-corrected chi connectivity index (χ0v) is 8.48. The van der Waals surface area contributed by atoms with Crippen molar-refractivity contribution < 1.29 is 0 Å². The fourth-order valence-electron chi connectivity index (χ4n) is 1.68. The molecule has 0 aliphatic heterocycles. The number of rotatable bonds is 3. The van der Waals surface area contributed by atoms with Gasteiger partial charge in [0.15, 0.2) is 0 Å². The van der Waals surface area contributed by atoms with Gasteiger partial charge >= 0.3 is 0 Å². The maximum Gasteiger partial charge on any atom is 0.0924 e. The minimum absolute atomic E-state index is 0.872. The van der Waals surface area contributed by atoms with Gasteiger partial charge in [-0.3, -0.25) is 9.98 Å². The van der Waals surface area contributed by atoms with E-state index in [2.05, 4.69) is 29.2 Å². The van der Waals surface area contributed by atoms with Crippen molar-refractivity contribution in [1.82, 2.24) is 4.98 Å². The smallest absolute Gasteiger partial charge is 0.0924 e. The summed E-state index contributed by atoms with van der Waals surface area (Å²) in [6.45, 7) is 7.41. The van der Waals surface area contributed by atoms with Crippen molar-refractivity contribution in [3.8, 4) is 0 Å². The van der Waals surface area contributed by atoms with Crippen LogP contribution in [0, 0.1) is 0 Å². The van der Waals surface area contributed by atoms with Crippen LogP contribution in [-0.2, 0) is 6.42 Å². The lowest BCUT2D eigenvalue weighted by Crippen LogP contribution is -1.86. The van der Waals surface area contributed by atoms with Crippen LogP contribution in [0.25, 0.3) is 5.70 Å². The van der Waals surface area contributed by atoms with Crippen LogP contribution in [0.15, 0.2) is 54.2 Å². The van der Waals surface area contributed by atoms with Gasteiger partial charge < -0.3 is 0 Å². The number of hydrogen-bond acceptors (Lipinski definition) is 2. The Morgan fingerprint density at radius 1 is 1.40 bits per heavy atom. The van der Waals surface area contributed by atoms with Crippen molar-refractivity contribution in [2.45, 2.75) is 6.42 Å². The summed E-state index contributed by atoms with van der Waals surface area (Å²) in [5.41, 5.74) is 4.22. The van der Waals surface area contributed by atoms with Crippen LogP contribution in [0.5, 0.6) is 0 Å². The second-order valence-corrected chi connectivity index (χ2v) is 3.28. The molecule has 2 nitrogen and oxygen atoms in total. The van der Waals surface area contributed by atoms with E-state index in [-0.39, 0.29) is 0 Å². The van der Waals surface area contributed by atoms with Crippen LogP contribution < -0.4 is 0 Å². The van der Waals surface area contributed by atoms with E-state index in [1.165, 1.54) is 5.56 Å². The van der Waals surface area contributed by atoms with Gasteiger partial charge in [0, 0.05) is 18.8 Å². The van der Waals surface area contributed by atoms with Crippen molar-refractivity contribution in [3.05, 3.63) is 60.5 Å². The molecule has 0 aromatic carbocycles. The zero-order chi connectivity index (χ0) is 10.7. The number of aliphatic imine (C=N–C) groups is 1. The van der Waals surface area contributed by atoms with Crippen LogP contribution >= 0.6 is 0 Å². The van der Waals surface area contributed by atoms with E-state index in [1.807, 2.05) is 12.1 Å². The average Bonchev–Trinajstić information content (AvgIpc) is 2.64. The van der Waals surface area contributed by atoms with Crippen LogP contribution in [0.4, 0.5) is 0 Å². The molecular weight excluding hydrogens is 184 g/mol. The lowest BCUT2D eigenvalue weighted by Gasteiger charge is -1.97. The molecule has 1 aromatic heterocycles. The summed E-state index contributed by atoms with van der Waals surface area (Å²) in [6, 6.07) is 4.02. The first-order valence-corrected chi connectivity index (χ1v) is 4.81. The molecule has 0 atom stereocenters. The summed E-state index contributed by atoms with van der Waals surface area (Å²) in [5, 5.41) is 0. The standard InChI is InChI=1S/C13H12N2/c1-3-7-14-12-10(4-2)9-11-6-5-8-15-13(11)12/h3-8H,1-2,9H2/b14-7-. The molecule has 0 fully saturated rings. The van der Waals surface area contributed by atoms with E-state index in [1.54, 1.807) is 18.5 Å². The summed E-state index contributed by atoms with van der Waals surface area (Å²) in [6.07, 6.45) is 7.85. The number of allylic oxidation sites excluding steroid dienone is 3. The maximum absolute atomic E-state index is 4.34. The zero-order valence-electron chi connectivity index (χ0n) is 8.48. The van der Waals surface area contributed by atoms with Gasteiger partial charge in [-0.1, -0.05) is 31.4 Å². The molecule has 0 unspecified atom stereocenters. The third-order valence-electron chi connectivity index (χ3n) is 2.36. The molecule has 0 spiro atoms. The van der Waals surface area contributed by atoms with E-state index in [9.17, 15) is 0 Å². The summed E-state index contributed by atoms with van der Waals surface area (Å²) in [4.78, 5) is 8.68. The first kappa shape index (κ1) is 9.59. The van der Waals surface area contributed by atoms with Gasteiger partial charge in [-0.15, -0.1) is 0 Å². The van der Waals surface area contributed by atoms with Gasteiger partial charge in [0.05, 0.1) is 11.4 Å². The molecule has 2 heteroatoms. The number of aromatic nitrogens is 1. The molecule has 0 N–H and O–H groups in total. The van der Waals surface area contributed by atoms with Gasteiger partial charge in [-0.05, 0) is 17.2 Å². The van der Waals surface area contributed by atoms with E-state index in [4.69, 9.17) is 0 Å². The van der Waals surface area contributed by atoms with E-state index >= 15 is 0 Å². The molecule has 1 aromatic rings. The van der Waals surface area contributed by atoms with Gasteiger partial charge in [-0.2, -0.15) is 0 Å². The molecule has 2 rings (SSSR count). The summed E-state index contributed by atoms with van der Waals surface area (Å²) < 4.78 is 0. The third kappa shape index (κ3) is 1.66. The summed E-state index contributed by atoms with van der Waals surface area (Å²) in [7, 11) is 0. The van der Waals surface area contributed by atoms with Gasteiger partial charge in [0.1, 0.15) is 0 Å². The Morgan fingerprint density at radius 2 is 2.27 bits per heavy atom. The molecule has 1 heterocycles. The van der Waals surface area contributed by atoms with Gasteiger partial charge in [0.25, 0.3) is 0 Å². The Bertz CT molecular complexity index is 467. The Labute approximate surface area is 89.4 Å². The molecule has 15 heavy (non-hydrogen) atoms. The van der Waals surface area contributed by atoms with Crippen LogP contribution in [0.1, 0.15) is 11.3 Å². The summed E-state index contributed by atoms with van der Waals surface area (Å²) >= 11 is 0. The first-order valence-electron chi connectivity index (χ1n) is 4.81. The molecule has 0 radical (unpaired) electrons. The number of pyridine rings is 1. The normalized spacial score (nSPS) is 14.4. The second kappa shape index (κ2) is 4.05. The maximum atomic E-state index is 4.34. The highest BCUT2D eigenvalue weighted by atomic mass is 14.8. The average molecular weight is 196 g/mol. The highest BCUT2D eigenvalue weighted by molar-refractivity contribution is 5.83. The molecule has 1 aliphatic rings. The van der Waals surface area contributed by atoms with E-state index in [0.717, 1.165) is 23.4 Å². The Kier molecular flexibility index (Phi) is 2.59. The van der Waals surface area contributed by atoms with Crippen molar-refractivity contribution in [3.63, 3.8) is 0 Å². The molecule has 74 valence electrons. The lowest BCUT2D eigenvalue weighted by molar-refractivity contribution is 1.18. The van der Waals surface area contributed by atoms with Crippen molar-refractivity contribution in [2.75, 3.05) is 0 Å². The van der Waals surface area contributed by atoms with Crippen LogP contribution in [-0.4, -0.2) is 11.2 Å². The van der Waals surface area contributed by atoms with Gasteiger partial charge in [-0.25, -0.2) is 0 Å². The molecule has 1 aliphatic carbocycles. The quantitative estimate of drug-likeness (QED) is 0.682. The molecule has 0 saturated heterocycles. The minimum Gasteiger partial charge on any atom is -0.254 e. The molecular formula is C13H12N2. The van der Waals surface area contributed by atoms with Crippen molar-refractivity contribution in [1.29, 1.82) is 0 Å². The molecule has 0 bridgehead atoms. The number of hydrogen-bond donors (Lipinski definition) is 0. The number of nitrogens with zero attached hydrogens (tertiary/aromatic N) is 2. The van der Waals surface area contributed by atoms with Gasteiger partial charge in [0.2, 0.25) is 0 Å². The summed E-state index contributed by atoms with van der Waals surface area (Å²) in [5.74, 6) is 0. The Balaban J connectivity index is 2.50. The first-order chi connectivity index (χ1) is 7.36. The Hall–Kier alpha value is -1.96. The molecule has 0 amide bonds. The monoisotopic (exact) mass is 196 g/mol. The highest BCUT2D eigenvalue weighted by Crippen LogP contribution is 2.32. The third-order valence-corrected chi connectivity index (χ3v) is 2.36. The fourth-order valence-corrected chi connectivity index (χ4v) is 1.68. The minimum atomic E-state index is 0.872. The van der Waals surface area contributed by atoms with Crippen LogP contribution in [0.2, 0.25) is 0 Å². The van der Waals surface area contributed by atoms with E-state index < -0.39 is 0 Å². The van der Waals surface area contributed by atoms with Crippen LogP contribution in [0.3, 0.4) is 0 Å². The second-order valence-electron chi connectivity index (χ2n) is 3.28. The lowest BCUT2D eigenvalue weighted by atomic mass is 10.2. The topological polar surface area (TPSA) is 25.2 Å². The predicted molar refractivity (Wildman–Crippen MR) is 63.7 cm³/mol. The predicted octanol–water partition coefficient (Wildman–Crippen LogP) is 2.79. The Morgan fingerprint density at radius 3 is 3.00 bits per heavy atom. The van der Waals surface area contributed by atoms with E-state index in [0.29, 0.717) is 0 Å². The molecule has 0 saturated carbocycles. The SMILES string of the molecule is C=C/C=N\C1=C(C=C)Cc2cccnc21. The largest absolute Gasteiger partial charge is 0.254 e.